The van der Waals surface area contributed by atoms with E-state index in [1.807, 2.05) is 78.9 Å². The van der Waals surface area contributed by atoms with Gasteiger partial charge < -0.3 is 34.8 Å². The van der Waals surface area contributed by atoms with Crippen LogP contribution in [-0.2, 0) is 9.59 Å². The lowest BCUT2D eigenvalue weighted by molar-refractivity contribution is -0.111. The number of rotatable bonds is 9. The van der Waals surface area contributed by atoms with Gasteiger partial charge in [0.2, 0.25) is 0 Å². The van der Waals surface area contributed by atoms with Crippen molar-refractivity contribution in [1.82, 2.24) is 10.2 Å². The number of amides is 3. The molecule has 3 amide bonds. The monoisotopic (exact) mass is 758 g/mol. The Kier molecular flexibility index (Phi) is 10.5. The number of carboxylic acids is 1. The maximum Gasteiger partial charge on any atom is 0.335 e. The van der Waals surface area contributed by atoms with Crippen molar-refractivity contribution >= 4 is 58.4 Å². The Morgan fingerprint density at radius 2 is 1.16 bits per heavy atom. The Labute approximate surface area is 328 Å². The fourth-order valence-electron chi connectivity index (χ4n) is 7.08. The van der Waals surface area contributed by atoms with E-state index in [2.05, 4.69) is 20.9 Å². The minimum atomic E-state index is -0.991. The molecule has 3 aliphatic rings. The molecule has 9 rings (SSSR count). The molecule has 0 aliphatic carbocycles. The van der Waals surface area contributed by atoms with Crippen molar-refractivity contribution in [2.24, 2.45) is 0 Å². The predicted octanol–water partition coefficient (Wildman–Crippen LogP) is 8.40. The third kappa shape index (κ3) is 8.24. The molecule has 0 unspecified atom stereocenters. The number of hydrogen-bond donors (Lipinski definition) is 4. The van der Waals surface area contributed by atoms with E-state index < -0.39 is 5.97 Å². The average molecular weight is 759 g/mol. The van der Waals surface area contributed by atoms with Gasteiger partial charge in [-0.2, -0.15) is 0 Å². The molecule has 1 fully saturated rings. The van der Waals surface area contributed by atoms with Crippen molar-refractivity contribution in [2.75, 3.05) is 36.8 Å². The van der Waals surface area contributed by atoms with Crippen LogP contribution in [0.3, 0.4) is 0 Å². The van der Waals surface area contributed by atoms with Gasteiger partial charge >= 0.3 is 5.97 Å². The zero-order chi connectivity index (χ0) is 39.3. The van der Waals surface area contributed by atoms with E-state index in [-0.39, 0.29) is 23.3 Å². The van der Waals surface area contributed by atoms with Gasteiger partial charge in [0.1, 0.15) is 23.0 Å². The van der Waals surface area contributed by atoms with E-state index in [1.165, 1.54) is 18.9 Å². The average Bonchev–Trinajstić information content (AvgIpc) is 4.09. The van der Waals surface area contributed by atoms with Gasteiger partial charge in [-0.25, -0.2) is 4.79 Å². The van der Waals surface area contributed by atoms with Crippen LogP contribution < -0.4 is 16.0 Å². The van der Waals surface area contributed by atoms with Crippen molar-refractivity contribution in [3.8, 4) is 22.6 Å². The summed E-state index contributed by atoms with van der Waals surface area (Å²) in [6, 6.07) is 36.2. The number of nitrogens with one attached hydrogen (secondary N) is 3. The molecule has 2 aromatic heterocycles. The summed E-state index contributed by atoms with van der Waals surface area (Å²) in [5.41, 5.74) is 6.67. The first-order chi connectivity index (χ1) is 27.8. The van der Waals surface area contributed by atoms with Gasteiger partial charge in [-0.05, 0) is 98.7 Å². The number of likely N-dealkylation sites (tertiary alicyclic amines) is 1. The van der Waals surface area contributed by atoms with Gasteiger partial charge in [0.15, 0.2) is 0 Å². The molecule has 0 saturated carbocycles. The number of anilines is 2. The largest absolute Gasteiger partial charge is 0.478 e. The summed E-state index contributed by atoms with van der Waals surface area (Å²) in [6.07, 6.45) is 5.93. The number of hydrogen-bond acceptors (Lipinski definition) is 7. The highest BCUT2D eigenvalue weighted by Gasteiger charge is 2.25. The number of benzene rings is 4. The molecular weight excluding hydrogens is 721 g/mol. The number of carbonyl (C=O) groups excluding carboxylic acids is 3. The van der Waals surface area contributed by atoms with Crippen molar-refractivity contribution in [3.63, 3.8) is 0 Å². The lowest BCUT2D eigenvalue weighted by Crippen LogP contribution is -2.33. The molecule has 4 aromatic carbocycles. The van der Waals surface area contributed by atoms with Crippen molar-refractivity contribution in [2.45, 2.75) is 12.8 Å². The molecule has 11 heteroatoms. The number of para-hydroxylation sites is 2. The summed E-state index contributed by atoms with van der Waals surface area (Å²) in [7, 11) is 0. The number of nitrogens with zero attached hydrogens (tertiary/aromatic N) is 1. The maximum absolute atomic E-state index is 12.6. The van der Waals surface area contributed by atoms with E-state index in [9.17, 15) is 19.2 Å². The van der Waals surface area contributed by atoms with Crippen LogP contribution >= 0.6 is 0 Å². The van der Waals surface area contributed by atoms with Crippen LogP contribution in [0.5, 0.6) is 0 Å². The highest BCUT2D eigenvalue weighted by molar-refractivity contribution is 6.35. The molecule has 0 bridgehead atoms. The Hall–Kier alpha value is -7.24. The number of aromatic carboxylic acids is 1. The van der Waals surface area contributed by atoms with Crippen molar-refractivity contribution in [1.29, 1.82) is 0 Å². The zero-order valence-corrected chi connectivity index (χ0v) is 30.8. The number of carboxylic acid groups (broad SMARTS) is 1. The van der Waals surface area contributed by atoms with Crippen LogP contribution in [0.15, 0.2) is 130 Å². The molecule has 1 saturated heterocycles. The fraction of sp³-hybridized carbons (Fsp3) is 0.130. The van der Waals surface area contributed by atoms with Crippen molar-refractivity contribution < 1.29 is 33.1 Å². The second-order valence-electron chi connectivity index (χ2n) is 13.8. The van der Waals surface area contributed by atoms with Crippen LogP contribution in [0.25, 0.3) is 45.9 Å². The Bertz CT molecular complexity index is 2570. The summed E-state index contributed by atoms with van der Waals surface area (Å²) in [6.45, 7) is 3.77. The van der Waals surface area contributed by atoms with E-state index in [0.717, 1.165) is 47.7 Å². The van der Waals surface area contributed by atoms with Crippen molar-refractivity contribution in [3.05, 3.63) is 155 Å². The van der Waals surface area contributed by atoms with Gasteiger partial charge in [-0.15, -0.1) is 0 Å². The second-order valence-corrected chi connectivity index (χ2v) is 13.8. The van der Waals surface area contributed by atoms with Gasteiger partial charge in [0.25, 0.3) is 17.7 Å². The van der Waals surface area contributed by atoms with Crippen LogP contribution in [0, 0.1) is 0 Å². The summed E-state index contributed by atoms with van der Waals surface area (Å²) >= 11 is 0. The topological polar surface area (TPSA) is 154 Å². The number of furan rings is 2. The van der Waals surface area contributed by atoms with E-state index in [1.54, 1.807) is 48.6 Å². The molecule has 11 nitrogen and oxygen atoms in total. The van der Waals surface area contributed by atoms with Crippen LogP contribution in [0.1, 0.15) is 56.2 Å². The summed E-state index contributed by atoms with van der Waals surface area (Å²) < 4.78 is 11.8. The molecule has 57 heavy (non-hydrogen) atoms. The molecule has 3 aliphatic heterocycles. The zero-order valence-electron chi connectivity index (χ0n) is 30.8. The standard InChI is InChI=1S/C26H25N3O3.C20H13NO4/c30-25(27-12-15-29-13-3-4-14-29)19-7-5-6-18(16-19)24-11-10-20(32-24)17-22-21-8-1-2-9-23(21)28-26(22)31;22-19-16(15-6-1-2-7-17(15)21-19)11-14-8-9-18(25-14)12-4-3-5-13(10-12)20(23)24/h1-2,5-11,16-17H,3-4,12-15H2,(H,27,30)(H,28,31);1-11H,(H,21,22)(H,23,24)/b22-17+;16-11+. The smallest absolute Gasteiger partial charge is 0.335 e. The Balaban J connectivity index is 0.000000165. The SMILES string of the molecule is O=C1Nc2ccccc2/C1=C\c1ccc(-c2cccc(C(=O)NCCN3CCCC3)c2)o1.O=C1Nc2ccccc2/C1=C\c1ccc(-c2cccc(C(=O)O)c2)o1. The first-order valence-corrected chi connectivity index (χ1v) is 18.7. The third-order valence-electron chi connectivity index (χ3n) is 9.96. The normalized spacial score (nSPS) is 15.8. The molecule has 0 atom stereocenters. The molecule has 0 spiro atoms. The fourth-order valence-corrected chi connectivity index (χ4v) is 7.08. The Morgan fingerprint density at radius 3 is 1.70 bits per heavy atom. The molecule has 6 aromatic rings. The molecule has 5 heterocycles. The summed E-state index contributed by atoms with van der Waals surface area (Å²) in [4.78, 5) is 50.5. The van der Waals surface area contributed by atoms with E-state index in [0.29, 0.717) is 51.9 Å². The first-order valence-electron chi connectivity index (χ1n) is 18.7. The Morgan fingerprint density at radius 1 is 0.649 bits per heavy atom. The van der Waals surface area contributed by atoms with Gasteiger partial charge in [-0.1, -0.05) is 60.7 Å². The third-order valence-corrected chi connectivity index (χ3v) is 9.96. The number of carbonyl (C=O) groups is 4. The van der Waals surface area contributed by atoms with Crippen LogP contribution in [0.4, 0.5) is 11.4 Å². The summed E-state index contributed by atoms with van der Waals surface area (Å²) in [5, 5.41) is 17.8. The molecule has 284 valence electrons. The van der Waals surface area contributed by atoms with Gasteiger partial charge in [0, 0.05) is 52.3 Å². The maximum atomic E-state index is 12.6. The lowest BCUT2D eigenvalue weighted by atomic mass is 10.1. The quantitative estimate of drug-likeness (QED) is 0.107. The highest BCUT2D eigenvalue weighted by atomic mass is 16.4. The van der Waals surface area contributed by atoms with Crippen LogP contribution in [-0.4, -0.2) is 59.9 Å². The molecule has 0 radical (unpaired) electrons. The molecular formula is C46H38N4O7. The van der Waals surface area contributed by atoms with E-state index >= 15 is 0 Å². The van der Waals surface area contributed by atoms with Crippen LogP contribution in [0.2, 0.25) is 0 Å². The number of fused-ring (bicyclic) bond motifs is 2. The minimum absolute atomic E-state index is 0.0841. The van der Waals surface area contributed by atoms with E-state index in [4.69, 9.17) is 13.9 Å². The minimum Gasteiger partial charge on any atom is -0.478 e. The van der Waals surface area contributed by atoms with Gasteiger partial charge in [0.05, 0.1) is 16.7 Å². The highest BCUT2D eigenvalue weighted by Crippen LogP contribution is 2.35. The lowest BCUT2D eigenvalue weighted by Gasteiger charge is -2.14. The molecule has 4 N–H and O–H groups in total. The second kappa shape index (κ2) is 16.2. The first kappa shape index (κ1) is 36.7. The predicted molar refractivity (Wildman–Crippen MR) is 219 cm³/mol. The van der Waals surface area contributed by atoms with Gasteiger partial charge in [-0.3, -0.25) is 14.4 Å². The summed E-state index contributed by atoms with van der Waals surface area (Å²) in [5.74, 6) is 0.912.